The van der Waals surface area contributed by atoms with E-state index >= 15 is 0 Å². The Balaban J connectivity index is 2.46. The molecule has 0 saturated carbocycles. The number of aliphatic hydroxyl groups excluding tert-OH is 1. The first-order chi connectivity index (χ1) is 7.50. The van der Waals surface area contributed by atoms with Gasteiger partial charge in [0.25, 0.3) is 0 Å². The van der Waals surface area contributed by atoms with Crippen molar-refractivity contribution in [2.75, 3.05) is 6.54 Å². The highest BCUT2D eigenvalue weighted by molar-refractivity contribution is 9.10. The number of halogens is 2. The quantitative estimate of drug-likeness (QED) is 0.761. The fraction of sp³-hybridized carbons (Fsp3) is 0.300. The summed E-state index contributed by atoms with van der Waals surface area (Å²) in [5, 5.41) is 12.7. The number of amides is 1. The predicted molar refractivity (Wildman–Crippen MR) is 66.1 cm³/mol. The Bertz CT molecular complexity index is 387. The van der Waals surface area contributed by atoms with Crippen molar-refractivity contribution in [1.29, 1.82) is 0 Å². The largest absolute Gasteiger partial charge is 0.382 e. The zero-order valence-electron chi connectivity index (χ0n) is 8.41. The van der Waals surface area contributed by atoms with E-state index in [-0.39, 0.29) is 6.54 Å². The maximum absolute atomic E-state index is 10.6. The zero-order chi connectivity index (χ0) is 12.1. The summed E-state index contributed by atoms with van der Waals surface area (Å²) in [7, 11) is 0. The maximum atomic E-state index is 10.6. The molecule has 1 atom stereocenters. The molecular formula is C10H12BrClN2O2. The normalized spacial score (nSPS) is 12.4. The van der Waals surface area contributed by atoms with Crippen molar-refractivity contribution in [3.8, 4) is 0 Å². The highest BCUT2D eigenvalue weighted by atomic mass is 79.9. The molecule has 88 valence electrons. The predicted octanol–water partition coefficient (Wildman–Crippen LogP) is 1.04. The molecule has 0 aromatic heterocycles. The minimum absolute atomic E-state index is 0.113. The topological polar surface area (TPSA) is 75.4 Å². The standard InChI is InChI=1S/C10H12BrClN2O2/c11-7-2-1-6(8(12)3-7)4-14-5-9(15)10(13)16/h1-3,9,14-15H,4-5H2,(H2,13,16). The molecule has 0 fully saturated rings. The van der Waals surface area contributed by atoms with Gasteiger partial charge in [-0.3, -0.25) is 4.79 Å². The molecule has 1 aromatic rings. The number of aliphatic hydroxyl groups is 1. The van der Waals surface area contributed by atoms with Crippen LogP contribution in [0.5, 0.6) is 0 Å². The summed E-state index contributed by atoms with van der Waals surface area (Å²) < 4.78 is 0.901. The maximum Gasteiger partial charge on any atom is 0.247 e. The molecule has 1 amide bonds. The van der Waals surface area contributed by atoms with Crippen LogP contribution in [0.15, 0.2) is 22.7 Å². The van der Waals surface area contributed by atoms with Gasteiger partial charge in [-0.1, -0.05) is 33.6 Å². The van der Waals surface area contributed by atoms with Gasteiger partial charge in [0, 0.05) is 22.6 Å². The van der Waals surface area contributed by atoms with Gasteiger partial charge in [0.2, 0.25) is 5.91 Å². The van der Waals surface area contributed by atoms with Crippen LogP contribution in [0, 0.1) is 0 Å². The molecule has 0 spiro atoms. The van der Waals surface area contributed by atoms with E-state index in [9.17, 15) is 4.79 Å². The summed E-state index contributed by atoms with van der Waals surface area (Å²) in [5.41, 5.74) is 5.79. The third-order valence-corrected chi connectivity index (χ3v) is 2.84. The van der Waals surface area contributed by atoms with Gasteiger partial charge >= 0.3 is 0 Å². The van der Waals surface area contributed by atoms with Crippen LogP contribution in [0.25, 0.3) is 0 Å². The van der Waals surface area contributed by atoms with E-state index in [4.69, 9.17) is 22.4 Å². The second kappa shape index (κ2) is 6.20. The second-order valence-electron chi connectivity index (χ2n) is 3.28. The Morgan fingerprint density at radius 1 is 1.62 bits per heavy atom. The molecular weight excluding hydrogens is 295 g/mol. The van der Waals surface area contributed by atoms with Gasteiger partial charge in [-0.25, -0.2) is 0 Å². The molecule has 0 saturated heterocycles. The van der Waals surface area contributed by atoms with Gasteiger partial charge in [0.15, 0.2) is 0 Å². The van der Waals surface area contributed by atoms with Crippen molar-refractivity contribution in [2.24, 2.45) is 5.73 Å². The van der Waals surface area contributed by atoms with E-state index in [1.165, 1.54) is 0 Å². The van der Waals surface area contributed by atoms with Gasteiger partial charge in [-0.05, 0) is 17.7 Å². The lowest BCUT2D eigenvalue weighted by atomic mass is 10.2. The van der Waals surface area contributed by atoms with Crippen molar-refractivity contribution >= 4 is 33.4 Å². The summed E-state index contributed by atoms with van der Waals surface area (Å²) in [6.45, 7) is 0.582. The van der Waals surface area contributed by atoms with Gasteiger partial charge in [0.05, 0.1) is 0 Å². The van der Waals surface area contributed by atoms with E-state index in [1.54, 1.807) is 6.07 Å². The third-order valence-electron chi connectivity index (χ3n) is 2.00. The number of primary amides is 1. The van der Waals surface area contributed by atoms with E-state index in [2.05, 4.69) is 21.2 Å². The third kappa shape index (κ3) is 4.09. The van der Waals surface area contributed by atoms with Crippen LogP contribution < -0.4 is 11.1 Å². The number of rotatable bonds is 5. The minimum atomic E-state index is -1.17. The number of carbonyl (C=O) groups excluding carboxylic acids is 1. The molecule has 6 heteroatoms. The Morgan fingerprint density at radius 3 is 2.88 bits per heavy atom. The van der Waals surface area contributed by atoms with E-state index in [1.807, 2.05) is 12.1 Å². The van der Waals surface area contributed by atoms with Gasteiger partial charge in [-0.2, -0.15) is 0 Å². The van der Waals surface area contributed by atoms with Crippen LogP contribution in [-0.4, -0.2) is 23.7 Å². The van der Waals surface area contributed by atoms with Crippen LogP contribution in [0.1, 0.15) is 5.56 Å². The highest BCUT2D eigenvalue weighted by Crippen LogP contribution is 2.20. The van der Waals surface area contributed by atoms with Gasteiger partial charge < -0.3 is 16.2 Å². The molecule has 0 bridgehead atoms. The van der Waals surface area contributed by atoms with Crippen LogP contribution in [0.4, 0.5) is 0 Å². The SMILES string of the molecule is NC(=O)C(O)CNCc1ccc(Br)cc1Cl. The van der Waals surface area contributed by atoms with Gasteiger partial charge in [-0.15, -0.1) is 0 Å². The average Bonchev–Trinajstić information content (AvgIpc) is 2.20. The summed E-state index contributed by atoms with van der Waals surface area (Å²) >= 11 is 9.28. The number of nitrogens with two attached hydrogens (primary N) is 1. The molecule has 0 heterocycles. The first-order valence-electron chi connectivity index (χ1n) is 4.62. The second-order valence-corrected chi connectivity index (χ2v) is 4.61. The van der Waals surface area contributed by atoms with Gasteiger partial charge in [0.1, 0.15) is 6.10 Å². The number of hydrogen-bond acceptors (Lipinski definition) is 3. The first-order valence-corrected chi connectivity index (χ1v) is 5.80. The Morgan fingerprint density at radius 2 is 2.31 bits per heavy atom. The summed E-state index contributed by atoms with van der Waals surface area (Å²) in [6.07, 6.45) is -1.17. The molecule has 1 unspecified atom stereocenters. The molecule has 0 aliphatic carbocycles. The van der Waals surface area contributed by atoms with E-state index in [0.29, 0.717) is 11.6 Å². The molecule has 0 aliphatic heterocycles. The molecule has 0 radical (unpaired) electrons. The first kappa shape index (κ1) is 13.4. The minimum Gasteiger partial charge on any atom is -0.382 e. The monoisotopic (exact) mass is 306 g/mol. The lowest BCUT2D eigenvalue weighted by molar-refractivity contribution is -0.125. The van der Waals surface area contributed by atoms with Crippen LogP contribution in [-0.2, 0) is 11.3 Å². The van der Waals surface area contributed by atoms with E-state index in [0.717, 1.165) is 10.0 Å². The molecule has 16 heavy (non-hydrogen) atoms. The number of benzene rings is 1. The fourth-order valence-electron chi connectivity index (χ4n) is 1.11. The van der Waals surface area contributed by atoms with Crippen LogP contribution >= 0.6 is 27.5 Å². The molecule has 4 N–H and O–H groups in total. The van der Waals surface area contributed by atoms with Crippen molar-refractivity contribution in [3.05, 3.63) is 33.3 Å². The number of nitrogens with one attached hydrogen (secondary N) is 1. The molecule has 1 aromatic carbocycles. The van der Waals surface area contributed by atoms with E-state index < -0.39 is 12.0 Å². The summed E-state index contributed by atoms with van der Waals surface area (Å²) in [6, 6.07) is 5.51. The molecule has 0 aliphatic rings. The van der Waals surface area contributed by atoms with Crippen molar-refractivity contribution in [1.82, 2.24) is 5.32 Å². The zero-order valence-corrected chi connectivity index (χ0v) is 10.8. The fourth-order valence-corrected chi connectivity index (χ4v) is 1.85. The average molecular weight is 308 g/mol. The number of carbonyl (C=O) groups is 1. The lowest BCUT2D eigenvalue weighted by Gasteiger charge is -2.09. The molecule has 4 nitrogen and oxygen atoms in total. The van der Waals surface area contributed by atoms with Crippen molar-refractivity contribution in [3.63, 3.8) is 0 Å². The lowest BCUT2D eigenvalue weighted by Crippen LogP contribution is -2.37. The smallest absolute Gasteiger partial charge is 0.247 e. The molecule has 1 rings (SSSR count). The van der Waals surface area contributed by atoms with Crippen LogP contribution in [0.3, 0.4) is 0 Å². The Labute approximate surface area is 107 Å². The summed E-state index contributed by atoms with van der Waals surface area (Å²) in [4.78, 5) is 10.6. The Kier molecular flexibility index (Phi) is 5.21. The highest BCUT2D eigenvalue weighted by Gasteiger charge is 2.09. The summed E-state index contributed by atoms with van der Waals surface area (Å²) in [5.74, 6) is -0.741. The van der Waals surface area contributed by atoms with Crippen LogP contribution in [0.2, 0.25) is 5.02 Å². The van der Waals surface area contributed by atoms with Crippen molar-refractivity contribution in [2.45, 2.75) is 12.6 Å². The Hall–Kier alpha value is -0.620. The number of hydrogen-bond donors (Lipinski definition) is 3. The van der Waals surface area contributed by atoms with Crippen molar-refractivity contribution < 1.29 is 9.90 Å².